The minimum absolute atomic E-state index is 0.0743. The Hall–Kier alpha value is -1.13. The molecule has 0 aliphatic carbocycles. The molecule has 0 spiro atoms. The molecule has 4 heteroatoms. The summed E-state index contributed by atoms with van der Waals surface area (Å²) in [4.78, 5) is 12.3. The zero-order valence-corrected chi connectivity index (χ0v) is 31.1. The van der Waals surface area contributed by atoms with Crippen LogP contribution in [0.25, 0.3) is 0 Å². The smallest absolute Gasteiger partial charge is 0.220 e. The summed E-state index contributed by atoms with van der Waals surface area (Å²) >= 11 is 0. The second-order valence-corrected chi connectivity index (χ2v) is 14.1. The quantitative estimate of drug-likeness (QED) is 0.0464. The predicted octanol–water partition coefficient (Wildman–Crippen LogP) is 12.5. The first-order valence-electron chi connectivity index (χ1n) is 20.6. The van der Waals surface area contributed by atoms with Gasteiger partial charge in [-0.1, -0.05) is 199 Å². The molecule has 0 aromatic rings. The Balaban J connectivity index is 3.52. The molecule has 46 heavy (non-hydrogen) atoms. The van der Waals surface area contributed by atoms with Crippen LogP contribution in [0.5, 0.6) is 0 Å². The van der Waals surface area contributed by atoms with Crippen molar-refractivity contribution in [1.82, 2.24) is 5.32 Å². The van der Waals surface area contributed by atoms with Gasteiger partial charge in [-0.3, -0.25) is 4.79 Å². The number of aliphatic hydroxyl groups is 2. The van der Waals surface area contributed by atoms with Crippen LogP contribution in [0, 0.1) is 0 Å². The number of unbranched alkanes of at least 4 members (excludes halogenated alkanes) is 28. The van der Waals surface area contributed by atoms with E-state index in [0.29, 0.717) is 6.42 Å². The molecular formula is C42H81NO3. The Morgan fingerprint density at radius 1 is 0.500 bits per heavy atom. The monoisotopic (exact) mass is 648 g/mol. The minimum atomic E-state index is -0.839. The fourth-order valence-electron chi connectivity index (χ4n) is 6.22. The number of rotatable bonds is 37. The van der Waals surface area contributed by atoms with E-state index >= 15 is 0 Å². The zero-order valence-electron chi connectivity index (χ0n) is 31.1. The highest BCUT2D eigenvalue weighted by atomic mass is 16.3. The van der Waals surface area contributed by atoms with E-state index in [-0.39, 0.29) is 12.5 Å². The lowest BCUT2D eigenvalue weighted by molar-refractivity contribution is -0.123. The minimum Gasteiger partial charge on any atom is -0.394 e. The molecule has 0 aromatic heterocycles. The van der Waals surface area contributed by atoms with E-state index in [1.54, 1.807) is 6.08 Å². The molecule has 2 unspecified atom stereocenters. The fraction of sp³-hybridized carbons (Fsp3) is 0.881. The fourth-order valence-corrected chi connectivity index (χ4v) is 6.22. The largest absolute Gasteiger partial charge is 0.394 e. The van der Waals surface area contributed by atoms with Crippen molar-refractivity contribution >= 4 is 5.91 Å². The van der Waals surface area contributed by atoms with Crippen LogP contribution in [0.3, 0.4) is 0 Å². The summed E-state index contributed by atoms with van der Waals surface area (Å²) in [7, 11) is 0. The molecule has 4 nitrogen and oxygen atoms in total. The van der Waals surface area contributed by atoms with Gasteiger partial charge in [0.05, 0.1) is 18.8 Å². The number of amides is 1. The average Bonchev–Trinajstić information content (AvgIpc) is 3.06. The lowest BCUT2D eigenvalue weighted by Crippen LogP contribution is -2.45. The maximum atomic E-state index is 12.3. The van der Waals surface area contributed by atoms with Crippen LogP contribution in [-0.4, -0.2) is 34.9 Å². The van der Waals surface area contributed by atoms with E-state index in [1.807, 2.05) is 6.08 Å². The van der Waals surface area contributed by atoms with Gasteiger partial charge >= 0.3 is 0 Å². The summed E-state index contributed by atoms with van der Waals surface area (Å²) < 4.78 is 0. The number of hydrogen-bond donors (Lipinski definition) is 3. The van der Waals surface area contributed by atoms with Crippen molar-refractivity contribution in [3.8, 4) is 0 Å². The van der Waals surface area contributed by atoms with Crippen molar-refractivity contribution in [1.29, 1.82) is 0 Å². The summed E-state index contributed by atoms with van der Waals surface area (Å²) in [5, 5.41) is 22.9. The summed E-state index contributed by atoms with van der Waals surface area (Å²) in [6, 6.07) is -0.622. The van der Waals surface area contributed by atoms with Crippen LogP contribution in [0.4, 0.5) is 0 Å². The van der Waals surface area contributed by atoms with Gasteiger partial charge in [0, 0.05) is 6.42 Å². The summed E-state index contributed by atoms with van der Waals surface area (Å²) in [5.74, 6) is -0.0743. The van der Waals surface area contributed by atoms with E-state index in [4.69, 9.17) is 0 Å². The predicted molar refractivity (Wildman–Crippen MR) is 202 cm³/mol. The second kappa shape index (κ2) is 38.3. The summed E-state index contributed by atoms with van der Waals surface area (Å²) in [5.41, 5.74) is 0. The van der Waals surface area contributed by atoms with Gasteiger partial charge in [-0.05, 0) is 38.5 Å². The number of hydrogen-bond acceptors (Lipinski definition) is 3. The highest BCUT2D eigenvalue weighted by molar-refractivity contribution is 5.76. The number of aliphatic hydroxyl groups excluding tert-OH is 2. The SMILES string of the molecule is CCCC/C=C\CCCCCCCC(=O)NC(CO)C(O)/C=C/CCCCCCCCCCCCCCCCCCCCCCC. The number of carbonyl (C=O) groups excluding carboxylic acids is 1. The molecule has 0 rings (SSSR count). The van der Waals surface area contributed by atoms with Crippen LogP contribution in [0.15, 0.2) is 24.3 Å². The van der Waals surface area contributed by atoms with Crippen molar-refractivity contribution in [3.05, 3.63) is 24.3 Å². The highest BCUT2D eigenvalue weighted by Crippen LogP contribution is 2.15. The lowest BCUT2D eigenvalue weighted by atomic mass is 10.0. The van der Waals surface area contributed by atoms with Crippen LogP contribution < -0.4 is 5.32 Å². The van der Waals surface area contributed by atoms with Gasteiger partial charge in [0.25, 0.3) is 0 Å². The normalized spacial score (nSPS) is 13.2. The van der Waals surface area contributed by atoms with Gasteiger partial charge in [-0.15, -0.1) is 0 Å². The average molecular weight is 648 g/mol. The third-order valence-corrected chi connectivity index (χ3v) is 9.43. The molecular weight excluding hydrogens is 566 g/mol. The molecule has 272 valence electrons. The van der Waals surface area contributed by atoms with Crippen LogP contribution in [0.2, 0.25) is 0 Å². The standard InChI is InChI=1S/C42H81NO3/c1-3-5-7-9-11-13-15-16-17-18-19-20-21-22-23-24-25-26-28-29-31-33-35-37-41(45)40(39-44)43-42(46)38-36-34-32-30-27-14-12-10-8-6-4-2/h10,12,35,37,40-41,44-45H,3-9,11,13-34,36,38-39H2,1-2H3,(H,43,46)/b12-10-,37-35+. The topological polar surface area (TPSA) is 69.6 Å². The van der Waals surface area contributed by atoms with E-state index in [0.717, 1.165) is 38.5 Å². The van der Waals surface area contributed by atoms with Crippen molar-refractivity contribution in [2.45, 2.75) is 231 Å². The molecule has 0 aliphatic rings. The van der Waals surface area contributed by atoms with Crippen molar-refractivity contribution in [2.24, 2.45) is 0 Å². The van der Waals surface area contributed by atoms with E-state index in [9.17, 15) is 15.0 Å². The number of carbonyl (C=O) groups is 1. The Labute approximate surface area is 288 Å². The molecule has 0 saturated carbocycles. The van der Waals surface area contributed by atoms with Crippen molar-refractivity contribution in [2.75, 3.05) is 6.61 Å². The maximum absolute atomic E-state index is 12.3. The molecule has 0 saturated heterocycles. The molecule has 3 N–H and O–H groups in total. The number of nitrogens with one attached hydrogen (secondary N) is 1. The molecule has 2 atom stereocenters. The molecule has 0 aromatic carbocycles. The first kappa shape index (κ1) is 44.9. The third-order valence-electron chi connectivity index (χ3n) is 9.43. The molecule has 0 fully saturated rings. The van der Waals surface area contributed by atoms with Gasteiger partial charge in [-0.25, -0.2) is 0 Å². The first-order valence-corrected chi connectivity index (χ1v) is 20.6. The first-order chi connectivity index (χ1) is 22.7. The summed E-state index contributed by atoms with van der Waals surface area (Å²) in [6.45, 7) is 4.27. The van der Waals surface area contributed by atoms with Gasteiger partial charge in [-0.2, -0.15) is 0 Å². The van der Waals surface area contributed by atoms with E-state index < -0.39 is 12.1 Å². The molecule has 0 radical (unpaired) electrons. The molecule has 0 aliphatic heterocycles. The van der Waals surface area contributed by atoms with E-state index in [2.05, 4.69) is 31.3 Å². The zero-order chi connectivity index (χ0) is 33.6. The Morgan fingerprint density at radius 3 is 1.26 bits per heavy atom. The highest BCUT2D eigenvalue weighted by Gasteiger charge is 2.17. The molecule has 1 amide bonds. The van der Waals surface area contributed by atoms with Crippen LogP contribution in [-0.2, 0) is 4.79 Å². The van der Waals surface area contributed by atoms with Gasteiger partial charge in [0.1, 0.15) is 0 Å². The van der Waals surface area contributed by atoms with Crippen LogP contribution >= 0.6 is 0 Å². The van der Waals surface area contributed by atoms with Gasteiger partial charge in [0.2, 0.25) is 5.91 Å². The van der Waals surface area contributed by atoms with Gasteiger partial charge < -0.3 is 15.5 Å². The Kier molecular flexibility index (Phi) is 37.4. The molecule has 0 heterocycles. The van der Waals surface area contributed by atoms with Crippen molar-refractivity contribution < 1.29 is 15.0 Å². The Morgan fingerprint density at radius 2 is 0.848 bits per heavy atom. The third kappa shape index (κ3) is 34.2. The van der Waals surface area contributed by atoms with Crippen LogP contribution in [0.1, 0.15) is 219 Å². The van der Waals surface area contributed by atoms with E-state index in [1.165, 1.54) is 161 Å². The second-order valence-electron chi connectivity index (χ2n) is 14.1. The summed E-state index contributed by atoms with van der Waals surface area (Å²) in [6.07, 6.45) is 48.6. The lowest BCUT2D eigenvalue weighted by Gasteiger charge is -2.20. The maximum Gasteiger partial charge on any atom is 0.220 e. The number of allylic oxidation sites excluding steroid dienone is 3. The van der Waals surface area contributed by atoms with Gasteiger partial charge in [0.15, 0.2) is 0 Å². The molecule has 0 bridgehead atoms. The Bertz CT molecular complexity index is 661. The van der Waals surface area contributed by atoms with Crippen molar-refractivity contribution in [3.63, 3.8) is 0 Å².